The molecule has 1 N–H and O–H groups in total. The van der Waals surface area contributed by atoms with E-state index in [9.17, 15) is 4.79 Å². The zero-order valence-corrected chi connectivity index (χ0v) is 18.2. The van der Waals surface area contributed by atoms with Crippen molar-refractivity contribution in [2.24, 2.45) is 27.0 Å². The summed E-state index contributed by atoms with van der Waals surface area (Å²) in [6.45, 7) is 11.4. The number of amidine groups is 1. The summed E-state index contributed by atoms with van der Waals surface area (Å²) in [4.78, 5) is 13.0. The number of rotatable bonds is 3. The molecule has 5 heteroatoms. The van der Waals surface area contributed by atoms with Gasteiger partial charge in [0.2, 0.25) is 0 Å². The molecular formula is C23H29N3OS. The van der Waals surface area contributed by atoms with Gasteiger partial charge in [-0.1, -0.05) is 58.9 Å². The zero-order chi connectivity index (χ0) is 20.1. The van der Waals surface area contributed by atoms with Crippen LogP contribution in [0.15, 0.2) is 39.4 Å². The summed E-state index contributed by atoms with van der Waals surface area (Å²) in [6.07, 6.45) is 5.42. The van der Waals surface area contributed by atoms with Gasteiger partial charge in [0.15, 0.2) is 5.17 Å². The molecule has 1 heterocycles. The molecule has 1 aromatic carbocycles. The van der Waals surface area contributed by atoms with Gasteiger partial charge >= 0.3 is 0 Å². The minimum atomic E-state index is -0.101. The molecule has 0 aromatic heterocycles. The van der Waals surface area contributed by atoms with Crippen molar-refractivity contribution in [1.29, 1.82) is 0 Å². The summed E-state index contributed by atoms with van der Waals surface area (Å²) in [5.41, 5.74) is 3.93. The summed E-state index contributed by atoms with van der Waals surface area (Å²) >= 11 is 1.37. The Labute approximate surface area is 172 Å². The zero-order valence-electron chi connectivity index (χ0n) is 17.4. The van der Waals surface area contributed by atoms with Crippen molar-refractivity contribution in [3.05, 3.63) is 40.3 Å². The van der Waals surface area contributed by atoms with Gasteiger partial charge in [0.05, 0.1) is 4.91 Å². The third-order valence-corrected chi connectivity index (χ3v) is 8.23. The monoisotopic (exact) mass is 395 g/mol. The van der Waals surface area contributed by atoms with Crippen LogP contribution in [-0.2, 0) is 4.79 Å². The molecule has 0 radical (unpaired) electrons. The lowest BCUT2D eigenvalue weighted by Crippen LogP contribution is -2.32. The van der Waals surface area contributed by atoms with Crippen LogP contribution in [0.1, 0.15) is 70.9 Å². The Kier molecular flexibility index (Phi) is 4.77. The molecule has 1 aromatic rings. The highest BCUT2D eigenvalue weighted by atomic mass is 32.2. The largest absolute Gasteiger partial charge is 0.299 e. The minimum absolute atomic E-state index is 0.101. The van der Waals surface area contributed by atoms with Gasteiger partial charge in [-0.2, -0.15) is 5.10 Å². The number of fused-ring (bicyclic) bond motifs is 2. The summed E-state index contributed by atoms with van der Waals surface area (Å²) in [5.74, 6) is 1.10. The average molecular weight is 396 g/mol. The molecule has 1 amide bonds. The molecule has 0 unspecified atom stereocenters. The van der Waals surface area contributed by atoms with Crippen molar-refractivity contribution in [1.82, 2.24) is 5.32 Å². The van der Waals surface area contributed by atoms with Crippen molar-refractivity contribution >= 4 is 34.6 Å². The fourth-order valence-electron chi connectivity index (χ4n) is 4.79. The highest BCUT2D eigenvalue weighted by molar-refractivity contribution is 8.18. The molecule has 1 saturated heterocycles. The number of nitrogens with zero attached hydrogens (tertiary/aromatic N) is 2. The van der Waals surface area contributed by atoms with E-state index >= 15 is 0 Å². The van der Waals surface area contributed by atoms with Gasteiger partial charge < -0.3 is 0 Å². The lowest BCUT2D eigenvalue weighted by atomic mass is 9.70. The highest BCUT2D eigenvalue weighted by Gasteiger charge is 2.60. The first-order valence-electron chi connectivity index (χ1n) is 10.2. The van der Waals surface area contributed by atoms with Gasteiger partial charge in [0.25, 0.3) is 5.91 Å². The predicted molar refractivity (Wildman–Crippen MR) is 118 cm³/mol. The third kappa shape index (κ3) is 3.14. The molecule has 1 aliphatic heterocycles. The fourth-order valence-corrected chi connectivity index (χ4v) is 5.56. The lowest BCUT2D eigenvalue weighted by Gasteiger charge is -2.34. The van der Waals surface area contributed by atoms with E-state index in [0.29, 0.717) is 21.9 Å². The molecule has 4 nitrogen and oxygen atoms in total. The molecule has 28 heavy (non-hydrogen) atoms. The maximum Gasteiger partial charge on any atom is 0.264 e. The average Bonchev–Trinajstić information content (AvgIpc) is 3.17. The van der Waals surface area contributed by atoms with E-state index < -0.39 is 0 Å². The summed E-state index contributed by atoms with van der Waals surface area (Å²) < 4.78 is 0. The van der Waals surface area contributed by atoms with Crippen molar-refractivity contribution in [3.63, 3.8) is 0 Å². The second kappa shape index (κ2) is 6.87. The summed E-state index contributed by atoms with van der Waals surface area (Å²) in [6, 6.07) is 8.35. The Morgan fingerprint density at radius 1 is 1.18 bits per heavy atom. The van der Waals surface area contributed by atoms with Crippen LogP contribution in [0.25, 0.3) is 6.08 Å². The van der Waals surface area contributed by atoms with E-state index in [-0.39, 0.29) is 16.7 Å². The fraction of sp³-hybridized carbons (Fsp3) is 0.522. The van der Waals surface area contributed by atoms with Crippen molar-refractivity contribution in [2.45, 2.75) is 59.8 Å². The molecule has 3 aliphatic rings. The topological polar surface area (TPSA) is 53.8 Å². The van der Waals surface area contributed by atoms with E-state index in [0.717, 1.165) is 12.0 Å². The number of benzene rings is 1. The third-order valence-electron chi connectivity index (χ3n) is 7.33. The normalized spacial score (nSPS) is 32.9. The van der Waals surface area contributed by atoms with E-state index in [1.807, 2.05) is 6.08 Å². The Balaban J connectivity index is 1.51. The molecule has 0 spiro atoms. The quantitative estimate of drug-likeness (QED) is 0.537. The first kappa shape index (κ1) is 19.4. The Bertz CT molecular complexity index is 895. The smallest absolute Gasteiger partial charge is 0.264 e. The Hall–Kier alpha value is -1.88. The van der Waals surface area contributed by atoms with Crippen LogP contribution in [0.2, 0.25) is 0 Å². The lowest BCUT2D eigenvalue weighted by molar-refractivity contribution is -0.115. The molecule has 3 fully saturated rings. The number of carbonyl (C=O) groups is 1. The molecule has 2 aliphatic carbocycles. The van der Waals surface area contributed by atoms with Gasteiger partial charge in [0.1, 0.15) is 0 Å². The van der Waals surface area contributed by atoms with Crippen LogP contribution in [-0.4, -0.2) is 16.8 Å². The second-order valence-corrected chi connectivity index (χ2v) is 10.4. The molecule has 2 bridgehead atoms. The molecule has 4 rings (SSSR count). The number of hydrogen-bond donors (Lipinski definition) is 1. The van der Waals surface area contributed by atoms with E-state index in [2.05, 4.69) is 74.4 Å². The molecule has 148 valence electrons. The molecule has 2 atom stereocenters. The van der Waals surface area contributed by atoms with Gasteiger partial charge in [-0.3, -0.25) is 10.1 Å². The van der Waals surface area contributed by atoms with E-state index in [1.54, 1.807) is 0 Å². The Morgan fingerprint density at radius 3 is 2.46 bits per heavy atom. The summed E-state index contributed by atoms with van der Waals surface area (Å²) in [7, 11) is 0. The van der Waals surface area contributed by atoms with Crippen LogP contribution < -0.4 is 5.32 Å². The SMILES string of the molecule is CC(C)c1ccc(/C=C2\SC(=NN=C3C[C@H]4CC[C@@]3(C)C4(C)C)NC2=O)cc1. The highest BCUT2D eigenvalue weighted by Crippen LogP contribution is 2.64. The van der Waals surface area contributed by atoms with Crippen LogP contribution >= 0.6 is 11.8 Å². The van der Waals surface area contributed by atoms with Crippen LogP contribution in [0, 0.1) is 16.7 Å². The number of carbonyl (C=O) groups excluding carboxylic acids is 1. The number of nitrogens with one attached hydrogen (secondary N) is 1. The summed E-state index contributed by atoms with van der Waals surface area (Å²) in [5, 5.41) is 12.4. The second-order valence-electron chi connectivity index (χ2n) is 9.33. The van der Waals surface area contributed by atoms with Crippen LogP contribution in [0.3, 0.4) is 0 Å². The maximum atomic E-state index is 12.3. The van der Waals surface area contributed by atoms with Crippen LogP contribution in [0.5, 0.6) is 0 Å². The van der Waals surface area contributed by atoms with Crippen molar-refractivity contribution in [3.8, 4) is 0 Å². The number of amides is 1. The molecular weight excluding hydrogens is 366 g/mol. The minimum Gasteiger partial charge on any atom is -0.299 e. The predicted octanol–water partition coefficient (Wildman–Crippen LogP) is 5.57. The van der Waals surface area contributed by atoms with Gasteiger partial charge in [-0.15, -0.1) is 5.10 Å². The number of hydrogen-bond acceptors (Lipinski definition) is 4. The van der Waals surface area contributed by atoms with Crippen LogP contribution in [0.4, 0.5) is 0 Å². The first-order chi connectivity index (χ1) is 13.2. The van der Waals surface area contributed by atoms with Gasteiger partial charge in [0, 0.05) is 11.1 Å². The van der Waals surface area contributed by atoms with E-state index in [1.165, 1.54) is 35.9 Å². The molecule has 2 saturated carbocycles. The number of thioether (sulfide) groups is 1. The van der Waals surface area contributed by atoms with Gasteiger partial charge in [-0.25, -0.2) is 0 Å². The maximum absolute atomic E-state index is 12.3. The van der Waals surface area contributed by atoms with E-state index in [4.69, 9.17) is 0 Å². The van der Waals surface area contributed by atoms with Crippen molar-refractivity contribution < 1.29 is 4.79 Å². The Morgan fingerprint density at radius 2 is 1.89 bits per heavy atom. The standard InChI is InChI=1S/C23H29N3OS/c1-14(2)16-8-6-15(7-9-16)12-18-20(27)24-21(28-18)26-25-19-13-17-10-11-23(19,5)22(17,3)4/h6-9,12,14,17H,10-11,13H2,1-5H3,(H,24,26,27)/b18-12-,25-19?/t17-,23-/m1/s1. The first-order valence-corrected chi connectivity index (χ1v) is 11.0. The van der Waals surface area contributed by atoms with Crippen molar-refractivity contribution in [2.75, 3.05) is 0 Å². The van der Waals surface area contributed by atoms with Gasteiger partial charge in [-0.05, 0) is 65.5 Å².